The number of rotatable bonds is 7. The Kier molecular flexibility index (Phi) is 5.76. The molecule has 1 aromatic heterocycles. The Morgan fingerprint density at radius 1 is 1.39 bits per heavy atom. The minimum absolute atomic E-state index is 0.0354. The lowest BCUT2D eigenvalue weighted by Gasteiger charge is -2.14. The average Bonchev–Trinajstić information content (AvgIpc) is 2.96. The van der Waals surface area contributed by atoms with Gasteiger partial charge in [0.1, 0.15) is 11.5 Å². The number of hydrogen-bond acceptors (Lipinski definition) is 5. The van der Waals surface area contributed by atoms with Crippen LogP contribution in [0, 0.1) is 6.92 Å². The van der Waals surface area contributed by atoms with Crippen molar-refractivity contribution < 1.29 is 19.1 Å². The maximum atomic E-state index is 12.3. The molecule has 0 bridgehead atoms. The first kappa shape index (κ1) is 17.0. The van der Waals surface area contributed by atoms with Gasteiger partial charge in [-0.2, -0.15) is 0 Å². The predicted molar refractivity (Wildman–Crippen MR) is 86.5 cm³/mol. The molecule has 2 aromatic rings. The molecule has 2 N–H and O–H groups in total. The molecule has 1 amide bonds. The number of carbonyl (C=O) groups excluding carboxylic acids is 1. The van der Waals surface area contributed by atoms with Gasteiger partial charge >= 0.3 is 0 Å². The minimum Gasteiger partial charge on any atom is -0.497 e. The molecule has 6 nitrogen and oxygen atoms in total. The lowest BCUT2D eigenvalue weighted by atomic mass is 10.1. The molecule has 6 heteroatoms. The normalized spacial score (nSPS) is 12.0. The van der Waals surface area contributed by atoms with Crippen molar-refractivity contribution in [3.63, 3.8) is 0 Å². The number of hydrogen-bond donors (Lipinski definition) is 2. The van der Waals surface area contributed by atoms with Gasteiger partial charge in [0, 0.05) is 18.2 Å². The largest absolute Gasteiger partial charge is 0.497 e. The zero-order valence-electron chi connectivity index (χ0n) is 13.6. The summed E-state index contributed by atoms with van der Waals surface area (Å²) in [6, 6.07) is 7.19. The van der Waals surface area contributed by atoms with E-state index in [0.29, 0.717) is 18.1 Å². The number of aliphatic hydroxyl groups is 1. The standard InChI is InChI=1S/C17H22N2O4/c1-4-13(9-10-20)18-16(21)15-11(2)23-17(19-15)12-5-7-14(22-3)8-6-12/h5-8,13,20H,4,9-10H2,1-3H3,(H,18,21). The first-order chi connectivity index (χ1) is 11.1. The van der Waals surface area contributed by atoms with Crippen molar-refractivity contribution in [2.24, 2.45) is 0 Å². The molecule has 2 rings (SSSR count). The molecule has 23 heavy (non-hydrogen) atoms. The second-order valence-electron chi connectivity index (χ2n) is 5.24. The van der Waals surface area contributed by atoms with Crippen molar-refractivity contribution in [3.05, 3.63) is 35.7 Å². The van der Waals surface area contributed by atoms with Gasteiger partial charge in [0.2, 0.25) is 5.89 Å². The van der Waals surface area contributed by atoms with E-state index in [1.165, 1.54) is 0 Å². The van der Waals surface area contributed by atoms with Gasteiger partial charge in [-0.05, 0) is 44.0 Å². The Labute approximate surface area is 135 Å². The van der Waals surface area contributed by atoms with E-state index in [1.54, 1.807) is 14.0 Å². The highest BCUT2D eigenvalue weighted by molar-refractivity contribution is 5.93. The number of nitrogens with one attached hydrogen (secondary N) is 1. The molecule has 1 heterocycles. The van der Waals surface area contributed by atoms with E-state index in [-0.39, 0.29) is 24.2 Å². The Balaban J connectivity index is 2.17. The number of benzene rings is 1. The molecule has 0 saturated heterocycles. The molecule has 1 unspecified atom stereocenters. The zero-order valence-corrected chi connectivity index (χ0v) is 13.6. The second kappa shape index (κ2) is 7.78. The summed E-state index contributed by atoms with van der Waals surface area (Å²) in [5.74, 6) is 1.31. The fourth-order valence-electron chi connectivity index (χ4n) is 2.25. The van der Waals surface area contributed by atoms with Gasteiger partial charge in [0.25, 0.3) is 5.91 Å². The number of amides is 1. The summed E-state index contributed by atoms with van der Waals surface area (Å²) in [6.07, 6.45) is 1.26. The maximum Gasteiger partial charge on any atom is 0.273 e. The molecular formula is C17H22N2O4. The van der Waals surface area contributed by atoms with Crippen LogP contribution in [0.15, 0.2) is 28.7 Å². The SMILES string of the molecule is CCC(CCO)NC(=O)c1nc(-c2ccc(OC)cc2)oc1C. The fourth-order valence-corrected chi connectivity index (χ4v) is 2.25. The molecule has 1 aromatic carbocycles. The highest BCUT2D eigenvalue weighted by Crippen LogP contribution is 2.24. The van der Waals surface area contributed by atoms with Crippen LogP contribution in [0.5, 0.6) is 5.75 Å². The van der Waals surface area contributed by atoms with Crippen molar-refractivity contribution in [1.82, 2.24) is 10.3 Å². The summed E-state index contributed by atoms with van der Waals surface area (Å²) < 4.78 is 10.7. The van der Waals surface area contributed by atoms with Crippen LogP contribution in [0.4, 0.5) is 0 Å². The molecule has 124 valence electrons. The van der Waals surface area contributed by atoms with Crippen molar-refractivity contribution in [1.29, 1.82) is 0 Å². The Hall–Kier alpha value is -2.34. The average molecular weight is 318 g/mol. The van der Waals surface area contributed by atoms with E-state index in [9.17, 15) is 4.79 Å². The van der Waals surface area contributed by atoms with Gasteiger partial charge < -0.3 is 19.6 Å². The zero-order chi connectivity index (χ0) is 16.8. The van der Waals surface area contributed by atoms with E-state index in [4.69, 9.17) is 14.3 Å². The number of oxazole rings is 1. The lowest BCUT2D eigenvalue weighted by molar-refractivity contribution is 0.0923. The molecule has 0 aliphatic rings. The van der Waals surface area contributed by atoms with Crippen LogP contribution in [0.3, 0.4) is 0 Å². The first-order valence-corrected chi connectivity index (χ1v) is 7.62. The third-order valence-corrected chi connectivity index (χ3v) is 3.65. The number of ether oxygens (including phenoxy) is 1. The Bertz CT molecular complexity index is 649. The summed E-state index contributed by atoms with van der Waals surface area (Å²) in [7, 11) is 1.60. The van der Waals surface area contributed by atoms with E-state index in [2.05, 4.69) is 10.3 Å². The van der Waals surface area contributed by atoms with Crippen LogP contribution < -0.4 is 10.1 Å². The number of aliphatic hydroxyl groups excluding tert-OH is 1. The Morgan fingerprint density at radius 3 is 2.65 bits per heavy atom. The highest BCUT2D eigenvalue weighted by Gasteiger charge is 2.20. The van der Waals surface area contributed by atoms with E-state index in [1.807, 2.05) is 31.2 Å². The van der Waals surface area contributed by atoms with E-state index in [0.717, 1.165) is 17.7 Å². The highest BCUT2D eigenvalue weighted by atomic mass is 16.5. The summed E-state index contributed by atoms with van der Waals surface area (Å²) in [4.78, 5) is 16.6. The van der Waals surface area contributed by atoms with Crippen LogP contribution in [0.25, 0.3) is 11.5 Å². The smallest absolute Gasteiger partial charge is 0.273 e. The van der Waals surface area contributed by atoms with Gasteiger partial charge in [0.05, 0.1) is 7.11 Å². The van der Waals surface area contributed by atoms with Gasteiger partial charge in [-0.3, -0.25) is 4.79 Å². The number of aromatic nitrogens is 1. The molecule has 0 aliphatic heterocycles. The Morgan fingerprint density at radius 2 is 2.09 bits per heavy atom. The fraction of sp³-hybridized carbons (Fsp3) is 0.412. The summed E-state index contributed by atoms with van der Waals surface area (Å²) in [5, 5.41) is 11.9. The summed E-state index contributed by atoms with van der Waals surface area (Å²) in [5.41, 5.74) is 1.04. The number of aryl methyl sites for hydroxylation is 1. The van der Waals surface area contributed by atoms with Crippen LogP contribution in [0.1, 0.15) is 36.0 Å². The van der Waals surface area contributed by atoms with Gasteiger partial charge in [-0.25, -0.2) is 4.98 Å². The quantitative estimate of drug-likeness (QED) is 0.819. The second-order valence-corrected chi connectivity index (χ2v) is 5.24. The van der Waals surface area contributed by atoms with Crippen LogP contribution >= 0.6 is 0 Å². The van der Waals surface area contributed by atoms with Gasteiger partial charge in [-0.1, -0.05) is 6.92 Å². The number of nitrogens with zero attached hydrogens (tertiary/aromatic N) is 1. The van der Waals surface area contributed by atoms with Gasteiger partial charge in [-0.15, -0.1) is 0 Å². The van der Waals surface area contributed by atoms with Crippen LogP contribution in [0.2, 0.25) is 0 Å². The van der Waals surface area contributed by atoms with E-state index >= 15 is 0 Å². The summed E-state index contributed by atoms with van der Waals surface area (Å²) >= 11 is 0. The maximum absolute atomic E-state index is 12.3. The molecule has 0 fully saturated rings. The predicted octanol–water partition coefficient (Wildman–Crippen LogP) is 2.55. The molecule has 0 saturated carbocycles. The van der Waals surface area contributed by atoms with Crippen molar-refractivity contribution in [3.8, 4) is 17.2 Å². The van der Waals surface area contributed by atoms with Crippen LogP contribution in [-0.4, -0.2) is 35.8 Å². The molecule has 1 atom stereocenters. The molecular weight excluding hydrogens is 296 g/mol. The third kappa shape index (κ3) is 4.10. The van der Waals surface area contributed by atoms with Crippen LogP contribution in [-0.2, 0) is 0 Å². The minimum atomic E-state index is -0.286. The monoisotopic (exact) mass is 318 g/mol. The third-order valence-electron chi connectivity index (χ3n) is 3.65. The van der Waals surface area contributed by atoms with Crippen molar-refractivity contribution in [2.75, 3.05) is 13.7 Å². The number of carbonyl (C=O) groups is 1. The topological polar surface area (TPSA) is 84.6 Å². The van der Waals surface area contributed by atoms with Gasteiger partial charge in [0.15, 0.2) is 5.69 Å². The number of methoxy groups -OCH3 is 1. The van der Waals surface area contributed by atoms with Crippen molar-refractivity contribution in [2.45, 2.75) is 32.7 Å². The summed E-state index contributed by atoms with van der Waals surface area (Å²) in [6.45, 7) is 3.70. The van der Waals surface area contributed by atoms with Crippen molar-refractivity contribution >= 4 is 5.91 Å². The lowest BCUT2D eigenvalue weighted by Crippen LogP contribution is -2.35. The molecule has 0 aliphatic carbocycles. The van der Waals surface area contributed by atoms with E-state index < -0.39 is 0 Å². The first-order valence-electron chi connectivity index (χ1n) is 7.62. The molecule has 0 spiro atoms. The molecule has 0 radical (unpaired) electrons.